The number of aromatic nitrogens is 2. The lowest BCUT2D eigenvalue weighted by atomic mass is 10.2. The van der Waals surface area contributed by atoms with Gasteiger partial charge in [0.15, 0.2) is 5.75 Å². The molecule has 1 N–H and O–H groups in total. The summed E-state index contributed by atoms with van der Waals surface area (Å²) in [6, 6.07) is 0. The molecule has 0 saturated carbocycles. The molecule has 2 rings (SSSR count). The van der Waals surface area contributed by atoms with E-state index in [1.807, 2.05) is 17.1 Å². The van der Waals surface area contributed by atoms with Crippen LogP contribution in [0.5, 0.6) is 5.75 Å². The van der Waals surface area contributed by atoms with Gasteiger partial charge in [-0.3, -0.25) is 4.68 Å². The van der Waals surface area contributed by atoms with E-state index in [0.717, 1.165) is 44.6 Å². The first-order valence-electron chi connectivity index (χ1n) is 6.28. The Hall–Kier alpha value is -1.03. The van der Waals surface area contributed by atoms with E-state index >= 15 is 0 Å². The average molecular weight is 223 g/mol. The van der Waals surface area contributed by atoms with E-state index in [1.165, 1.54) is 6.42 Å². The van der Waals surface area contributed by atoms with Gasteiger partial charge < -0.3 is 10.1 Å². The number of rotatable bonds is 4. The monoisotopic (exact) mass is 223 g/mol. The molecular formula is C12H21N3O. The summed E-state index contributed by atoms with van der Waals surface area (Å²) in [5.41, 5.74) is 0. The van der Waals surface area contributed by atoms with Crippen molar-refractivity contribution in [1.29, 1.82) is 0 Å². The molecule has 0 radical (unpaired) electrons. The maximum absolute atomic E-state index is 5.94. The molecule has 1 aromatic heterocycles. The molecule has 0 spiro atoms. The SMILES string of the molecule is CCCn1cc(OC2CCCNCC2)cn1. The Morgan fingerprint density at radius 2 is 2.44 bits per heavy atom. The minimum atomic E-state index is 0.356. The van der Waals surface area contributed by atoms with Crippen LogP contribution in [-0.2, 0) is 6.54 Å². The molecule has 4 nitrogen and oxygen atoms in total. The van der Waals surface area contributed by atoms with Crippen molar-refractivity contribution >= 4 is 0 Å². The van der Waals surface area contributed by atoms with Crippen molar-refractivity contribution in [1.82, 2.24) is 15.1 Å². The van der Waals surface area contributed by atoms with Gasteiger partial charge in [-0.05, 0) is 38.8 Å². The molecule has 90 valence electrons. The van der Waals surface area contributed by atoms with Gasteiger partial charge in [-0.2, -0.15) is 5.10 Å². The second kappa shape index (κ2) is 5.89. The van der Waals surface area contributed by atoms with Crippen LogP contribution in [0.15, 0.2) is 12.4 Å². The largest absolute Gasteiger partial charge is 0.487 e. The van der Waals surface area contributed by atoms with Crippen molar-refractivity contribution < 1.29 is 4.74 Å². The van der Waals surface area contributed by atoms with Crippen molar-refractivity contribution in [3.05, 3.63) is 12.4 Å². The summed E-state index contributed by atoms with van der Waals surface area (Å²) in [7, 11) is 0. The molecule has 1 aliphatic heterocycles. The highest BCUT2D eigenvalue weighted by molar-refractivity contribution is 5.12. The zero-order valence-corrected chi connectivity index (χ0v) is 9.98. The predicted molar refractivity (Wildman–Crippen MR) is 63.7 cm³/mol. The summed E-state index contributed by atoms with van der Waals surface area (Å²) in [5.74, 6) is 0.917. The first-order chi connectivity index (χ1) is 7.88. The fraction of sp³-hybridized carbons (Fsp3) is 0.750. The molecule has 1 aromatic rings. The molecule has 0 bridgehead atoms. The smallest absolute Gasteiger partial charge is 0.157 e. The highest BCUT2D eigenvalue weighted by Gasteiger charge is 2.13. The van der Waals surface area contributed by atoms with Crippen LogP contribution >= 0.6 is 0 Å². The maximum Gasteiger partial charge on any atom is 0.157 e. The number of ether oxygens (including phenoxy) is 1. The summed E-state index contributed by atoms with van der Waals surface area (Å²) in [5, 5.41) is 7.66. The lowest BCUT2D eigenvalue weighted by Crippen LogP contribution is -2.19. The van der Waals surface area contributed by atoms with Gasteiger partial charge in [0.2, 0.25) is 0 Å². The minimum Gasteiger partial charge on any atom is -0.487 e. The van der Waals surface area contributed by atoms with E-state index in [2.05, 4.69) is 17.3 Å². The summed E-state index contributed by atoms with van der Waals surface area (Å²) < 4.78 is 7.89. The molecule has 16 heavy (non-hydrogen) atoms. The third kappa shape index (κ3) is 3.23. The second-order valence-corrected chi connectivity index (χ2v) is 4.36. The van der Waals surface area contributed by atoms with Crippen LogP contribution in [0.2, 0.25) is 0 Å². The Balaban J connectivity index is 1.86. The van der Waals surface area contributed by atoms with Crippen LogP contribution < -0.4 is 10.1 Å². The van der Waals surface area contributed by atoms with Gasteiger partial charge in [-0.15, -0.1) is 0 Å². The van der Waals surface area contributed by atoms with Crippen molar-refractivity contribution in [3.8, 4) is 5.75 Å². The van der Waals surface area contributed by atoms with E-state index in [9.17, 15) is 0 Å². The minimum absolute atomic E-state index is 0.356. The first-order valence-corrected chi connectivity index (χ1v) is 6.28. The van der Waals surface area contributed by atoms with Gasteiger partial charge in [-0.25, -0.2) is 0 Å². The molecule has 2 heterocycles. The van der Waals surface area contributed by atoms with Gasteiger partial charge in [0.25, 0.3) is 0 Å². The van der Waals surface area contributed by atoms with Crippen molar-refractivity contribution in [2.75, 3.05) is 13.1 Å². The average Bonchev–Trinajstić information content (AvgIpc) is 2.56. The molecule has 1 atom stereocenters. The molecule has 4 heteroatoms. The first kappa shape index (κ1) is 11.5. The van der Waals surface area contributed by atoms with E-state index in [4.69, 9.17) is 4.74 Å². The quantitative estimate of drug-likeness (QED) is 0.846. The van der Waals surface area contributed by atoms with Crippen molar-refractivity contribution in [3.63, 3.8) is 0 Å². The Kier molecular flexibility index (Phi) is 4.22. The van der Waals surface area contributed by atoms with Gasteiger partial charge in [-0.1, -0.05) is 6.92 Å². The number of aryl methyl sites for hydroxylation is 1. The van der Waals surface area contributed by atoms with Gasteiger partial charge in [0, 0.05) is 6.54 Å². The van der Waals surface area contributed by atoms with Crippen LogP contribution in [-0.4, -0.2) is 29.0 Å². The second-order valence-electron chi connectivity index (χ2n) is 4.36. The molecule has 0 aliphatic carbocycles. The van der Waals surface area contributed by atoms with E-state index in [-0.39, 0.29) is 0 Å². The van der Waals surface area contributed by atoms with Gasteiger partial charge >= 0.3 is 0 Å². The fourth-order valence-corrected chi connectivity index (χ4v) is 2.05. The number of hydrogen-bond donors (Lipinski definition) is 1. The highest BCUT2D eigenvalue weighted by Crippen LogP contribution is 2.16. The van der Waals surface area contributed by atoms with Crippen molar-refractivity contribution in [2.24, 2.45) is 0 Å². The van der Waals surface area contributed by atoms with E-state index in [0.29, 0.717) is 6.10 Å². The summed E-state index contributed by atoms with van der Waals surface area (Å²) in [6.07, 6.45) is 8.73. The zero-order valence-electron chi connectivity index (χ0n) is 9.98. The standard InChI is InChI=1S/C12H21N3O/c1-2-8-15-10-12(9-14-15)16-11-4-3-6-13-7-5-11/h9-11,13H,2-8H2,1H3. The van der Waals surface area contributed by atoms with Crippen LogP contribution in [0.4, 0.5) is 0 Å². The molecule has 1 fully saturated rings. The molecule has 1 unspecified atom stereocenters. The van der Waals surface area contributed by atoms with Gasteiger partial charge in [0.05, 0.1) is 12.4 Å². The lowest BCUT2D eigenvalue weighted by molar-refractivity contribution is 0.187. The fourth-order valence-electron chi connectivity index (χ4n) is 2.05. The van der Waals surface area contributed by atoms with Crippen LogP contribution in [0.25, 0.3) is 0 Å². The normalized spacial score (nSPS) is 21.7. The number of hydrogen-bond acceptors (Lipinski definition) is 3. The van der Waals surface area contributed by atoms with Crippen LogP contribution in [0.1, 0.15) is 32.6 Å². The Bertz CT molecular complexity index is 303. The highest BCUT2D eigenvalue weighted by atomic mass is 16.5. The lowest BCUT2D eigenvalue weighted by Gasteiger charge is -2.14. The van der Waals surface area contributed by atoms with E-state index < -0.39 is 0 Å². The van der Waals surface area contributed by atoms with E-state index in [1.54, 1.807) is 0 Å². The molecule has 1 aliphatic rings. The van der Waals surface area contributed by atoms with Gasteiger partial charge in [0.1, 0.15) is 6.10 Å². The third-order valence-corrected chi connectivity index (χ3v) is 2.89. The van der Waals surface area contributed by atoms with Crippen LogP contribution in [0.3, 0.4) is 0 Å². The summed E-state index contributed by atoms with van der Waals surface area (Å²) in [4.78, 5) is 0. The number of nitrogens with one attached hydrogen (secondary N) is 1. The topological polar surface area (TPSA) is 39.1 Å². The summed E-state index contributed by atoms with van der Waals surface area (Å²) in [6.45, 7) is 5.30. The molecule has 0 aromatic carbocycles. The Labute approximate surface area is 97.0 Å². The molecule has 1 saturated heterocycles. The zero-order chi connectivity index (χ0) is 11.2. The van der Waals surface area contributed by atoms with Crippen molar-refractivity contribution in [2.45, 2.75) is 45.3 Å². The third-order valence-electron chi connectivity index (χ3n) is 2.89. The Morgan fingerprint density at radius 1 is 1.50 bits per heavy atom. The Morgan fingerprint density at radius 3 is 3.31 bits per heavy atom. The number of nitrogens with zero attached hydrogens (tertiary/aromatic N) is 2. The molecular weight excluding hydrogens is 202 g/mol. The van der Waals surface area contributed by atoms with Crippen LogP contribution in [0, 0.1) is 0 Å². The molecule has 0 amide bonds. The summed E-state index contributed by atoms with van der Waals surface area (Å²) >= 11 is 0. The predicted octanol–water partition coefficient (Wildman–Crippen LogP) is 1.81. The maximum atomic E-state index is 5.94.